The fourth-order valence-corrected chi connectivity index (χ4v) is 6.95. The van der Waals surface area contributed by atoms with Crippen LogP contribution in [0.2, 0.25) is 23.7 Å². The van der Waals surface area contributed by atoms with E-state index in [0.717, 1.165) is 0 Å². The van der Waals surface area contributed by atoms with Gasteiger partial charge >= 0.3 is 0 Å². The molecular formula is C14H31NOSi. The Labute approximate surface area is 109 Å². The first-order valence-corrected chi connectivity index (χ1v) is 9.76. The Morgan fingerprint density at radius 3 is 1.76 bits per heavy atom. The fraction of sp³-hybridized carbons (Fsp3) is 0.929. The number of hydrogen-bond acceptors (Lipinski definition) is 1. The number of amides is 1. The van der Waals surface area contributed by atoms with E-state index in [1.807, 2.05) is 0 Å². The second-order valence-electron chi connectivity index (χ2n) is 7.23. The Balaban J connectivity index is 5.17. The van der Waals surface area contributed by atoms with Crippen molar-refractivity contribution in [3.8, 4) is 0 Å². The minimum atomic E-state index is -1.44. The SMILES string of the molecule is CC(=O)N[C@H](C)[C@@H](C(C)C)[Si](C)(C)C(C)(C)C. The van der Waals surface area contributed by atoms with Gasteiger partial charge in [0.2, 0.25) is 5.91 Å². The lowest BCUT2D eigenvalue weighted by Gasteiger charge is -2.48. The predicted molar refractivity (Wildman–Crippen MR) is 79.1 cm³/mol. The zero-order valence-corrected chi connectivity index (χ0v) is 14.1. The summed E-state index contributed by atoms with van der Waals surface area (Å²) in [6.45, 7) is 20.3. The first kappa shape index (κ1) is 16.7. The van der Waals surface area contributed by atoms with E-state index in [9.17, 15) is 4.79 Å². The van der Waals surface area contributed by atoms with Crippen molar-refractivity contribution in [2.45, 2.75) is 78.2 Å². The Kier molecular flexibility index (Phi) is 5.45. The van der Waals surface area contributed by atoms with Crippen LogP contribution in [0.3, 0.4) is 0 Å². The Morgan fingerprint density at radius 1 is 1.12 bits per heavy atom. The molecule has 0 aromatic heterocycles. The molecule has 0 saturated carbocycles. The molecule has 0 aliphatic rings. The van der Waals surface area contributed by atoms with Gasteiger partial charge in [0.1, 0.15) is 0 Å². The van der Waals surface area contributed by atoms with E-state index >= 15 is 0 Å². The Hall–Kier alpha value is -0.313. The average molecular weight is 257 g/mol. The summed E-state index contributed by atoms with van der Waals surface area (Å²) in [5.41, 5.74) is 0.603. The summed E-state index contributed by atoms with van der Waals surface area (Å²) in [6, 6.07) is 0.272. The van der Waals surface area contributed by atoms with Gasteiger partial charge in [-0.3, -0.25) is 4.79 Å². The van der Waals surface area contributed by atoms with Crippen LogP contribution in [0.1, 0.15) is 48.5 Å². The first-order valence-electron chi connectivity index (χ1n) is 6.68. The van der Waals surface area contributed by atoms with Crippen molar-refractivity contribution in [1.82, 2.24) is 5.32 Å². The Morgan fingerprint density at radius 2 is 1.53 bits per heavy atom. The molecule has 2 nitrogen and oxygen atoms in total. The van der Waals surface area contributed by atoms with E-state index < -0.39 is 8.07 Å². The number of nitrogens with one attached hydrogen (secondary N) is 1. The van der Waals surface area contributed by atoms with Crippen molar-refractivity contribution in [3.05, 3.63) is 0 Å². The van der Waals surface area contributed by atoms with Crippen LogP contribution in [-0.4, -0.2) is 20.0 Å². The lowest BCUT2D eigenvalue weighted by atomic mass is 10.0. The maximum absolute atomic E-state index is 11.3. The third-order valence-corrected chi connectivity index (χ3v) is 11.2. The number of carbonyl (C=O) groups excluding carboxylic acids is 1. The molecule has 2 atom stereocenters. The van der Waals surface area contributed by atoms with E-state index in [-0.39, 0.29) is 11.9 Å². The summed E-state index contributed by atoms with van der Waals surface area (Å²) in [5.74, 6) is 0.694. The highest BCUT2D eigenvalue weighted by Crippen LogP contribution is 2.47. The maximum Gasteiger partial charge on any atom is 0.217 e. The van der Waals surface area contributed by atoms with Crippen molar-refractivity contribution in [2.75, 3.05) is 0 Å². The summed E-state index contributed by atoms with van der Waals surface area (Å²) >= 11 is 0. The first-order chi connectivity index (χ1) is 7.41. The lowest BCUT2D eigenvalue weighted by Crippen LogP contribution is -2.52. The highest BCUT2D eigenvalue weighted by atomic mass is 28.3. The molecular weight excluding hydrogens is 226 g/mol. The van der Waals surface area contributed by atoms with Gasteiger partial charge in [-0.05, 0) is 23.4 Å². The van der Waals surface area contributed by atoms with E-state index in [4.69, 9.17) is 0 Å². The van der Waals surface area contributed by atoms with Gasteiger partial charge in [-0.1, -0.05) is 47.7 Å². The zero-order chi connectivity index (χ0) is 14.0. The normalized spacial score (nSPS) is 16.8. The van der Waals surface area contributed by atoms with Crippen LogP contribution in [0.25, 0.3) is 0 Å². The van der Waals surface area contributed by atoms with E-state index in [1.165, 1.54) is 0 Å². The van der Waals surface area contributed by atoms with E-state index in [0.29, 0.717) is 16.5 Å². The van der Waals surface area contributed by atoms with Gasteiger partial charge in [-0.2, -0.15) is 0 Å². The minimum Gasteiger partial charge on any atom is -0.354 e. The number of rotatable bonds is 4. The maximum atomic E-state index is 11.3. The highest BCUT2D eigenvalue weighted by Gasteiger charge is 2.45. The molecule has 0 unspecified atom stereocenters. The highest BCUT2D eigenvalue weighted by molar-refractivity contribution is 6.81. The lowest BCUT2D eigenvalue weighted by molar-refractivity contribution is -0.119. The smallest absolute Gasteiger partial charge is 0.217 e. The second kappa shape index (κ2) is 5.55. The van der Waals surface area contributed by atoms with Gasteiger partial charge in [-0.25, -0.2) is 0 Å². The Bertz CT molecular complexity index is 266. The molecule has 0 saturated heterocycles. The van der Waals surface area contributed by atoms with Gasteiger partial charge in [0.15, 0.2) is 0 Å². The average Bonchev–Trinajstić information content (AvgIpc) is 1.97. The molecule has 3 heteroatoms. The van der Waals surface area contributed by atoms with Crippen molar-refractivity contribution in [2.24, 2.45) is 5.92 Å². The summed E-state index contributed by atoms with van der Waals surface area (Å²) in [5, 5.41) is 3.45. The molecule has 0 aliphatic heterocycles. The summed E-state index contributed by atoms with van der Waals surface area (Å²) < 4.78 is 0. The van der Waals surface area contributed by atoms with Crippen LogP contribution < -0.4 is 5.32 Å². The van der Waals surface area contributed by atoms with Crippen molar-refractivity contribution < 1.29 is 4.79 Å². The molecule has 0 aromatic rings. The van der Waals surface area contributed by atoms with Crippen LogP contribution in [0.5, 0.6) is 0 Å². The summed E-state index contributed by atoms with van der Waals surface area (Å²) in [6.07, 6.45) is 0. The van der Waals surface area contributed by atoms with Crippen molar-refractivity contribution in [1.29, 1.82) is 0 Å². The fourth-order valence-electron chi connectivity index (χ4n) is 2.95. The van der Waals surface area contributed by atoms with Crippen LogP contribution in [0.4, 0.5) is 0 Å². The second-order valence-corrected chi connectivity index (χ2v) is 12.8. The van der Waals surface area contributed by atoms with Crippen LogP contribution in [-0.2, 0) is 4.79 Å². The molecule has 0 aromatic carbocycles. The van der Waals surface area contributed by atoms with E-state index in [2.05, 4.69) is 60.0 Å². The standard InChI is InChI=1S/C14H31NOSi/c1-10(2)13(11(3)15-12(4)16)17(8,9)14(5,6)7/h10-11,13H,1-9H3,(H,15,16)/t11-,13-/m1/s1. The third kappa shape index (κ3) is 4.13. The molecule has 102 valence electrons. The third-order valence-electron chi connectivity index (χ3n) is 4.45. The molecule has 1 amide bonds. The van der Waals surface area contributed by atoms with Gasteiger partial charge in [0.25, 0.3) is 0 Å². The van der Waals surface area contributed by atoms with Crippen molar-refractivity contribution in [3.63, 3.8) is 0 Å². The van der Waals surface area contributed by atoms with Gasteiger partial charge < -0.3 is 5.32 Å². The van der Waals surface area contributed by atoms with Crippen molar-refractivity contribution >= 4 is 14.0 Å². The van der Waals surface area contributed by atoms with Gasteiger partial charge in [-0.15, -0.1) is 0 Å². The topological polar surface area (TPSA) is 29.1 Å². The number of hydrogen-bond donors (Lipinski definition) is 1. The summed E-state index contributed by atoms with van der Waals surface area (Å²) in [7, 11) is -1.44. The van der Waals surface area contributed by atoms with Gasteiger partial charge in [0.05, 0.1) is 8.07 Å². The molecule has 17 heavy (non-hydrogen) atoms. The minimum absolute atomic E-state index is 0.0851. The molecule has 0 heterocycles. The largest absolute Gasteiger partial charge is 0.354 e. The van der Waals surface area contributed by atoms with Crippen LogP contribution in [0, 0.1) is 5.92 Å². The molecule has 1 N–H and O–H groups in total. The van der Waals surface area contributed by atoms with E-state index in [1.54, 1.807) is 6.92 Å². The molecule has 0 bridgehead atoms. The van der Waals surface area contributed by atoms with Crippen LogP contribution in [0.15, 0.2) is 0 Å². The molecule has 0 aliphatic carbocycles. The quantitative estimate of drug-likeness (QED) is 0.757. The monoisotopic (exact) mass is 257 g/mol. The number of carbonyl (C=O) groups is 1. The molecule has 0 radical (unpaired) electrons. The predicted octanol–water partition coefficient (Wildman–Crippen LogP) is 4.05. The molecule has 0 spiro atoms. The molecule has 0 rings (SSSR count). The van der Waals surface area contributed by atoms with Gasteiger partial charge in [0, 0.05) is 13.0 Å². The molecule has 0 fully saturated rings. The zero-order valence-electron chi connectivity index (χ0n) is 13.1. The van der Waals surface area contributed by atoms with Crippen LogP contribution >= 0.6 is 0 Å². The summed E-state index contributed by atoms with van der Waals surface area (Å²) in [4.78, 5) is 11.3.